The van der Waals surface area contributed by atoms with E-state index in [-0.39, 0.29) is 5.97 Å². The van der Waals surface area contributed by atoms with Crippen LogP contribution in [0.5, 0.6) is 0 Å². The van der Waals surface area contributed by atoms with Crippen molar-refractivity contribution >= 4 is 17.7 Å². The van der Waals surface area contributed by atoms with Crippen molar-refractivity contribution in [1.29, 1.82) is 0 Å². The molecule has 1 aliphatic heterocycles. The van der Waals surface area contributed by atoms with Gasteiger partial charge in [0.15, 0.2) is 0 Å². The van der Waals surface area contributed by atoms with Crippen LogP contribution >= 0.6 is 11.8 Å². The summed E-state index contributed by atoms with van der Waals surface area (Å²) < 4.78 is 4.87. The lowest BCUT2D eigenvalue weighted by Crippen LogP contribution is -2.31. The lowest BCUT2D eigenvalue weighted by Gasteiger charge is -2.22. The van der Waals surface area contributed by atoms with E-state index in [1.54, 1.807) is 0 Å². The van der Waals surface area contributed by atoms with E-state index in [0.717, 1.165) is 18.2 Å². The van der Waals surface area contributed by atoms with Crippen molar-refractivity contribution in [3.05, 3.63) is 0 Å². The Balaban J connectivity index is 1.93. The van der Waals surface area contributed by atoms with Crippen molar-refractivity contribution in [2.75, 3.05) is 31.2 Å². The number of thioether (sulfide) groups is 1. The molecule has 1 unspecified atom stereocenters. The van der Waals surface area contributed by atoms with E-state index in [4.69, 9.17) is 4.74 Å². The molecule has 1 saturated heterocycles. The number of ether oxygens (including phenoxy) is 1. The Morgan fingerprint density at radius 2 is 2.47 bits per heavy atom. The minimum Gasteiger partial charge on any atom is -0.466 e. The van der Waals surface area contributed by atoms with Crippen molar-refractivity contribution in [3.63, 3.8) is 0 Å². The van der Waals surface area contributed by atoms with Gasteiger partial charge >= 0.3 is 5.97 Å². The van der Waals surface area contributed by atoms with Crippen molar-refractivity contribution in [2.24, 2.45) is 5.92 Å². The van der Waals surface area contributed by atoms with Gasteiger partial charge in [-0.05, 0) is 44.5 Å². The van der Waals surface area contributed by atoms with Crippen LogP contribution in [-0.2, 0) is 9.53 Å². The molecule has 88 valence electrons. The number of esters is 1. The van der Waals surface area contributed by atoms with Gasteiger partial charge in [-0.3, -0.25) is 4.79 Å². The molecule has 0 saturated carbocycles. The van der Waals surface area contributed by atoms with Gasteiger partial charge in [0.05, 0.1) is 13.0 Å². The number of carbonyl (C=O) groups is 1. The molecule has 0 spiro atoms. The van der Waals surface area contributed by atoms with Crippen LogP contribution in [0.15, 0.2) is 0 Å². The molecule has 1 N–H and O–H groups in total. The second-order valence-corrected chi connectivity index (χ2v) is 4.99. The summed E-state index contributed by atoms with van der Waals surface area (Å²) in [5.41, 5.74) is 0. The molecule has 0 aromatic carbocycles. The Morgan fingerprint density at radius 1 is 1.60 bits per heavy atom. The molecule has 0 radical (unpaired) electrons. The average molecular weight is 231 g/mol. The van der Waals surface area contributed by atoms with Gasteiger partial charge in [0.25, 0.3) is 0 Å². The lowest BCUT2D eigenvalue weighted by molar-refractivity contribution is -0.142. The van der Waals surface area contributed by atoms with Crippen molar-refractivity contribution in [2.45, 2.75) is 26.2 Å². The van der Waals surface area contributed by atoms with E-state index in [1.165, 1.54) is 25.1 Å². The molecule has 1 atom stereocenters. The van der Waals surface area contributed by atoms with Gasteiger partial charge in [-0.2, -0.15) is 11.8 Å². The standard InChI is InChI=1S/C11H21NO2S/c1-2-14-11(13)5-7-15-9-10-4-3-6-12-8-10/h10,12H,2-9H2,1H3. The predicted molar refractivity (Wildman–Crippen MR) is 64.2 cm³/mol. The zero-order valence-corrected chi connectivity index (χ0v) is 10.3. The van der Waals surface area contributed by atoms with Crippen LogP contribution in [0.4, 0.5) is 0 Å². The first-order valence-electron chi connectivity index (χ1n) is 5.77. The van der Waals surface area contributed by atoms with E-state index in [2.05, 4.69) is 5.32 Å². The van der Waals surface area contributed by atoms with Gasteiger partial charge in [0, 0.05) is 5.75 Å². The first-order valence-corrected chi connectivity index (χ1v) is 6.92. The summed E-state index contributed by atoms with van der Waals surface area (Å²) in [6.45, 7) is 4.66. The molecular formula is C11H21NO2S. The smallest absolute Gasteiger partial charge is 0.306 e. The van der Waals surface area contributed by atoms with Crippen LogP contribution in [0.2, 0.25) is 0 Å². The van der Waals surface area contributed by atoms with E-state index in [1.807, 2.05) is 18.7 Å². The third kappa shape index (κ3) is 6.05. The topological polar surface area (TPSA) is 38.3 Å². The van der Waals surface area contributed by atoms with E-state index in [9.17, 15) is 4.79 Å². The second kappa shape index (κ2) is 7.99. The normalized spacial score (nSPS) is 21.3. The molecular weight excluding hydrogens is 210 g/mol. The summed E-state index contributed by atoms with van der Waals surface area (Å²) in [5, 5.41) is 3.40. The average Bonchev–Trinajstić information content (AvgIpc) is 2.26. The first kappa shape index (κ1) is 12.8. The highest BCUT2D eigenvalue weighted by molar-refractivity contribution is 7.99. The molecule has 15 heavy (non-hydrogen) atoms. The molecule has 4 heteroatoms. The third-order valence-corrected chi connectivity index (χ3v) is 3.71. The third-order valence-electron chi connectivity index (χ3n) is 2.51. The maximum Gasteiger partial charge on any atom is 0.306 e. The molecule has 1 fully saturated rings. The number of hydrogen-bond donors (Lipinski definition) is 1. The summed E-state index contributed by atoms with van der Waals surface area (Å²) >= 11 is 1.87. The molecule has 1 rings (SSSR count). The number of piperidine rings is 1. The molecule has 0 aromatic heterocycles. The predicted octanol–water partition coefficient (Wildman–Crippen LogP) is 1.67. The Bertz CT molecular complexity index is 181. The van der Waals surface area contributed by atoms with Crippen molar-refractivity contribution in [1.82, 2.24) is 5.32 Å². The maximum absolute atomic E-state index is 11.0. The molecule has 1 aliphatic rings. The fraction of sp³-hybridized carbons (Fsp3) is 0.909. The van der Waals surface area contributed by atoms with Gasteiger partial charge in [-0.1, -0.05) is 0 Å². The molecule has 0 bridgehead atoms. The highest BCUT2D eigenvalue weighted by atomic mass is 32.2. The molecule has 3 nitrogen and oxygen atoms in total. The first-order chi connectivity index (χ1) is 7.33. The highest BCUT2D eigenvalue weighted by Gasteiger charge is 2.12. The Labute approximate surface area is 96.3 Å². The Kier molecular flexibility index (Phi) is 6.85. The summed E-state index contributed by atoms with van der Waals surface area (Å²) in [4.78, 5) is 11.0. The summed E-state index contributed by atoms with van der Waals surface area (Å²) in [5.74, 6) is 2.81. The fourth-order valence-corrected chi connectivity index (χ4v) is 2.80. The minimum atomic E-state index is -0.0632. The summed E-state index contributed by atoms with van der Waals surface area (Å²) in [7, 11) is 0. The van der Waals surface area contributed by atoms with E-state index < -0.39 is 0 Å². The summed E-state index contributed by atoms with van der Waals surface area (Å²) in [6, 6.07) is 0. The zero-order chi connectivity index (χ0) is 10.9. The minimum absolute atomic E-state index is 0.0632. The van der Waals surface area contributed by atoms with Crippen molar-refractivity contribution < 1.29 is 9.53 Å². The molecule has 1 heterocycles. The molecule has 0 aliphatic carbocycles. The quantitative estimate of drug-likeness (QED) is 0.557. The van der Waals surface area contributed by atoms with Crippen molar-refractivity contribution in [3.8, 4) is 0 Å². The Hall–Kier alpha value is -0.220. The van der Waals surface area contributed by atoms with Gasteiger partial charge < -0.3 is 10.1 Å². The van der Waals surface area contributed by atoms with Gasteiger partial charge in [-0.15, -0.1) is 0 Å². The van der Waals surface area contributed by atoms with Crippen LogP contribution in [0.1, 0.15) is 26.2 Å². The highest BCUT2D eigenvalue weighted by Crippen LogP contribution is 2.16. The van der Waals surface area contributed by atoms with Crippen LogP contribution in [0.25, 0.3) is 0 Å². The largest absolute Gasteiger partial charge is 0.466 e. The van der Waals surface area contributed by atoms with Gasteiger partial charge in [0.1, 0.15) is 0 Å². The second-order valence-electron chi connectivity index (χ2n) is 3.84. The van der Waals surface area contributed by atoms with Crippen LogP contribution in [-0.4, -0.2) is 37.2 Å². The number of rotatable bonds is 6. The number of carbonyl (C=O) groups excluding carboxylic acids is 1. The SMILES string of the molecule is CCOC(=O)CCSCC1CCCNC1. The van der Waals surface area contributed by atoms with Crippen LogP contribution in [0.3, 0.4) is 0 Å². The van der Waals surface area contributed by atoms with E-state index in [0.29, 0.717) is 13.0 Å². The lowest BCUT2D eigenvalue weighted by atomic mass is 10.0. The van der Waals surface area contributed by atoms with Crippen LogP contribution < -0.4 is 5.32 Å². The summed E-state index contributed by atoms with van der Waals surface area (Å²) in [6.07, 6.45) is 3.18. The maximum atomic E-state index is 11.0. The zero-order valence-electron chi connectivity index (χ0n) is 9.46. The fourth-order valence-electron chi connectivity index (χ4n) is 1.70. The Morgan fingerprint density at radius 3 is 3.13 bits per heavy atom. The number of nitrogens with one attached hydrogen (secondary N) is 1. The van der Waals surface area contributed by atoms with Crippen LogP contribution in [0, 0.1) is 5.92 Å². The monoisotopic (exact) mass is 231 g/mol. The van der Waals surface area contributed by atoms with E-state index >= 15 is 0 Å². The van der Waals surface area contributed by atoms with Gasteiger partial charge in [-0.25, -0.2) is 0 Å². The number of hydrogen-bond acceptors (Lipinski definition) is 4. The van der Waals surface area contributed by atoms with Gasteiger partial charge in [0.2, 0.25) is 0 Å². The molecule has 0 aromatic rings. The molecule has 0 amide bonds.